The number of likely N-dealkylation sites (tertiary alicyclic amines) is 1. The largest absolute Gasteiger partial charge is 0.507 e. The Bertz CT molecular complexity index is 1010. The van der Waals surface area contributed by atoms with Crippen LogP contribution in [0, 0.1) is 12.8 Å². The van der Waals surface area contributed by atoms with Gasteiger partial charge in [0.25, 0.3) is 0 Å². The second-order valence-electron chi connectivity index (χ2n) is 8.34. The molecule has 31 heavy (non-hydrogen) atoms. The fourth-order valence-electron chi connectivity index (χ4n) is 4.09. The summed E-state index contributed by atoms with van der Waals surface area (Å²) in [5, 5.41) is 18.2. The maximum atomic E-state index is 10.9. The molecule has 2 N–H and O–H groups in total. The Labute approximate surface area is 183 Å². The first-order valence-electron chi connectivity index (χ1n) is 10.9. The van der Waals surface area contributed by atoms with Crippen LogP contribution in [-0.2, 0) is 0 Å². The molecule has 0 atom stereocenters. The van der Waals surface area contributed by atoms with Crippen molar-refractivity contribution >= 4 is 0 Å². The van der Waals surface area contributed by atoms with Gasteiger partial charge in [-0.15, -0.1) is 0 Å². The fourth-order valence-corrected chi connectivity index (χ4v) is 4.09. The van der Waals surface area contributed by atoms with Crippen molar-refractivity contribution in [3.63, 3.8) is 0 Å². The number of rotatable bonds is 7. The van der Waals surface area contributed by atoms with Gasteiger partial charge in [0.2, 0.25) is 0 Å². The van der Waals surface area contributed by atoms with Crippen LogP contribution in [0.2, 0.25) is 0 Å². The number of aromatic nitrogens is 2. The molecule has 0 unspecified atom stereocenters. The van der Waals surface area contributed by atoms with E-state index in [1.807, 2.05) is 43.3 Å². The lowest BCUT2D eigenvalue weighted by Crippen LogP contribution is -2.35. The smallest absolute Gasteiger partial charge is 0.131 e. The lowest BCUT2D eigenvalue weighted by atomic mass is 9.99. The van der Waals surface area contributed by atoms with E-state index in [9.17, 15) is 5.11 Å². The molecule has 0 bridgehead atoms. The number of piperidine rings is 1. The molecule has 2 heterocycles. The molecule has 2 aromatic carbocycles. The maximum absolute atomic E-state index is 10.9. The molecule has 1 aliphatic rings. The van der Waals surface area contributed by atoms with E-state index in [0.717, 1.165) is 59.4 Å². The summed E-state index contributed by atoms with van der Waals surface area (Å²) in [5.41, 5.74) is 4.14. The molecule has 0 radical (unpaired) electrons. The van der Waals surface area contributed by atoms with E-state index in [0.29, 0.717) is 12.2 Å². The summed E-state index contributed by atoms with van der Waals surface area (Å²) in [6, 6.07) is 11.6. The maximum Gasteiger partial charge on any atom is 0.131 e. The Morgan fingerprint density at radius 1 is 1.10 bits per heavy atom. The summed E-state index contributed by atoms with van der Waals surface area (Å²) in [5.74, 6) is 2.56. The van der Waals surface area contributed by atoms with Gasteiger partial charge in [-0.3, -0.25) is 10.00 Å². The third kappa shape index (κ3) is 4.69. The summed E-state index contributed by atoms with van der Waals surface area (Å²) < 4.78 is 11.3. The Hall–Kier alpha value is -2.99. The molecule has 6 heteroatoms. The first-order chi connectivity index (χ1) is 15.1. The number of H-pyrrole nitrogens is 1. The number of nitrogens with zero attached hydrogens (tertiary/aromatic N) is 2. The van der Waals surface area contributed by atoms with Crippen molar-refractivity contribution in [1.29, 1.82) is 0 Å². The first-order valence-corrected chi connectivity index (χ1v) is 10.9. The van der Waals surface area contributed by atoms with Crippen LogP contribution in [0.1, 0.15) is 25.3 Å². The van der Waals surface area contributed by atoms with Crippen molar-refractivity contribution in [2.24, 2.45) is 5.92 Å². The van der Waals surface area contributed by atoms with Gasteiger partial charge < -0.3 is 14.6 Å². The number of nitrogens with one attached hydrogen (secondary N) is 1. The van der Waals surface area contributed by atoms with E-state index < -0.39 is 0 Å². The lowest BCUT2D eigenvalue weighted by molar-refractivity contribution is 0.160. The highest BCUT2D eigenvalue weighted by Gasteiger charge is 2.18. The summed E-state index contributed by atoms with van der Waals surface area (Å²) in [6.45, 7) is 8.02. The molecule has 0 saturated carbocycles. The minimum Gasteiger partial charge on any atom is -0.507 e. The van der Waals surface area contributed by atoms with Crippen LogP contribution >= 0.6 is 0 Å². The van der Waals surface area contributed by atoms with E-state index in [4.69, 9.17) is 9.47 Å². The van der Waals surface area contributed by atoms with Crippen LogP contribution < -0.4 is 9.47 Å². The third-order valence-electron chi connectivity index (χ3n) is 6.23. The molecule has 164 valence electrons. The van der Waals surface area contributed by atoms with Crippen LogP contribution in [0.15, 0.2) is 42.6 Å². The Morgan fingerprint density at radius 2 is 1.84 bits per heavy atom. The van der Waals surface area contributed by atoms with Gasteiger partial charge in [0.15, 0.2) is 0 Å². The van der Waals surface area contributed by atoms with Crippen molar-refractivity contribution < 1.29 is 14.6 Å². The number of aromatic amines is 1. The zero-order valence-electron chi connectivity index (χ0n) is 18.5. The topological polar surface area (TPSA) is 70.6 Å². The zero-order chi connectivity index (χ0) is 21.8. The number of hydrogen-bond donors (Lipinski definition) is 2. The number of hydrogen-bond acceptors (Lipinski definition) is 5. The Morgan fingerprint density at radius 3 is 2.55 bits per heavy atom. The summed E-state index contributed by atoms with van der Waals surface area (Å²) in [4.78, 5) is 2.45. The van der Waals surface area contributed by atoms with Crippen LogP contribution in [0.25, 0.3) is 22.4 Å². The summed E-state index contributed by atoms with van der Waals surface area (Å²) in [7, 11) is 1.65. The third-order valence-corrected chi connectivity index (χ3v) is 6.23. The molecular weight excluding hydrogens is 390 g/mol. The minimum atomic E-state index is 0.211. The second-order valence-corrected chi connectivity index (χ2v) is 8.34. The minimum absolute atomic E-state index is 0.211. The van der Waals surface area contributed by atoms with E-state index in [1.54, 1.807) is 13.3 Å². The van der Waals surface area contributed by atoms with E-state index in [2.05, 4.69) is 22.0 Å². The van der Waals surface area contributed by atoms with Crippen molar-refractivity contribution in [1.82, 2.24) is 15.1 Å². The molecule has 0 spiro atoms. The van der Waals surface area contributed by atoms with Gasteiger partial charge in [-0.05, 0) is 68.6 Å². The second kappa shape index (κ2) is 9.43. The average Bonchev–Trinajstić information content (AvgIpc) is 3.28. The highest BCUT2D eigenvalue weighted by Crippen LogP contribution is 2.40. The lowest BCUT2D eigenvalue weighted by Gasteiger charge is -2.30. The van der Waals surface area contributed by atoms with Crippen LogP contribution in [0.5, 0.6) is 17.2 Å². The molecular formula is C25H31N3O3. The number of aromatic hydroxyl groups is 1. The normalized spacial score (nSPS) is 15.2. The highest BCUT2D eigenvalue weighted by atomic mass is 16.5. The SMILES string of the molecule is COc1ccc(-c2cn[nH]c2-c2ccc(OCCN3CCC(C)CC3)c(C)c2O)cc1. The standard InChI is InChI=1S/C25H31N3O3/c1-17-10-12-28(13-11-17)14-15-31-23-9-8-21(25(29)18(23)2)24-22(16-26-27-24)19-4-6-20(30-3)7-5-19/h4-9,16-17,29H,10-15H2,1-3H3,(H,26,27). The number of benzene rings is 2. The molecule has 3 aromatic rings. The molecule has 4 rings (SSSR count). The molecule has 0 aliphatic carbocycles. The molecule has 0 amide bonds. The van der Waals surface area contributed by atoms with Gasteiger partial charge in [-0.1, -0.05) is 19.1 Å². The Kier molecular flexibility index (Phi) is 6.47. The Balaban J connectivity index is 1.48. The monoisotopic (exact) mass is 421 g/mol. The van der Waals surface area contributed by atoms with E-state index in [1.165, 1.54) is 12.8 Å². The quantitative estimate of drug-likeness (QED) is 0.569. The van der Waals surface area contributed by atoms with Gasteiger partial charge in [0, 0.05) is 23.2 Å². The predicted molar refractivity (Wildman–Crippen MR) is 123 cm³/mol. The van der Waals surface area contributed by atoms with Crippen molar-refractivity contribution in [2.75, 3.05) is 33.4 Å². The number of phenolic OH excluding ortho intramolecular Hbond substituents is 1. The zero-order valence-corrected chi connectivity index (χ0v) is 18.5. The van der Waals surface area contributed by atoms with Crippen molar-refractivity contribution in [3.8, 4) is 39.6 Å². The molecule has 1 saturated heterocycles. The molecule has 1 aliphatic heterocycles. The number of ether oxygens (including phenoxy) is 2. The van der Waals surface area contributed by atoms with Gasteiger partial charge in [0.05, 0.1) is 19.0 Å². The van der Waals surface area contributed by atoms with Gasteiger partial charge in [-0.25, -0.2) is 0 Å². The van der Waals surface area contributed by atoms with Crippen LogP contribution in [0.3, 0.4) is 0 Å². The van der Waals surface area contributed by atoms with Gasteiger partial charge in [0.1, 0.15) is 23.9 Å². The average molecular weight is 422 g/mol. The predicted octanol–water partition coefficient (Wildman–Crippen LogP) is 4.88. The van der Waals surface area contributed by atoms with E-state index >= 15 is 0 Å². The van der Waals surface area contributed by atoms with Crippen molar-refractivity contribution in [3.05, 3.63) is 48.2 Å². The van der Waals surface area contributed by atoms with Gasteiger partial charge in [-0.2, -0.15) is 5.10 Å². The molecule has 1 fully saturated rings. The molecule has 6 nitrogen and oxygen atoms in total. The highest BCUT2D eigenvalue weighted by molar-refractivity contribution is 5.84. The van der Waals surface area contributed by atoms with Crippen LogP contribution in [0.4, 0.5) is 0 Å². The number of methoxy groups -OCH3 is 1. The molecule has 1 aromatic heterocycles. The first kappa shape index (κ1) is 21.2. The van der Waals surface area contributed by atoms with Crippen molar-refractivity contribution in [2.45, 2.75) is 26.7 Å². The van der Waals surface area contributed by atoms with E-state index in [-0.39, 0.29) is 5.75 Å². The fraction of sp³-hybridized carbons (Fsp3) is 0.400. The summed E-state index contributed by atoms with van der Waals surface area (Å²) >= 11 is 0. The summed E-state index contributed by atoms with van der Waals surface area (Å²) in [6.07, 6.45) is 4.29. The number of phenols is 1. The van der Waals surface area contributed by atoms with Crippen LogP contribution in [-0.4, -0.2) is 53.6 Å². The van der Waals surface area contributed by atoms with Gasteiger partial charge >= 0.3 is 0 Å².